The van der Waals surface area contributed by atoms with Gasteiger partial charge in [0.1, 0.15) is 0 Å². The van der Waals surface area contributed by atoms with Crippen LogP contribution in [0.1, 0.15) is 31.4 Å². The highest BCUT2D eigenvalue weighted by Crippen LogP contribution is 2.27. The summed E-state index contributed by atoms with van der Waals surface area (Å²) >= 11 is 1.72. The van der Waals surface area contributed by atoms with Crippen LogP contribution >= 0.6 is 11.8 Å². The van der Waals surface area contributed by atoms with Crippen molar-refractivity contribution in [1.29, 1.82) is 0 Å². The summed E-state index contributed by atoms with van der Waals surface area (Å²) in [5.41, 5.74) is 1.94. The second kappa shape index (κ2) is 5.58. The molecule has 0 bridgehead atoms. The molecule has 0 atom stereocenters. The zero-order valence-electron chi connectivity index (χ0n) is 10.9. The molecule has 0 saturated carbocycles. The molecule has 0 heterocycles. The van der Waals surface area contributed by atoms with Crippen LogP contribution in [0.4, 0.5) is 0 Å². The molecule has 3 heteroatoms. The number of benzene rings is 1. The molecule has 0 aliphatic heterocycles. The third-order valence-corrected chi connectivity index (χ3v) is 4.05. The van der Waals surface area contributed by atoms with E-state index in [0.29, 0.717) is 6.42 Å². The zero-order valence-corrected chi connectivity index (χ0v) is 11.7. The highest BCUT2D eigenvalue weighted by molar-refractivity contribution is 7.99. The van der Waals surface area contributed by atoms with Crippen molar-refractivity contribution < 1.29 is 9.90 Å². The lowest BCUT2D eigenvalue weighted by Crippen LogP contribution is -2.24. The summed E-state index contributed by atoms with van der Waals surface area (Å²) in [6, 6.07) is 6.37. The monoisotopic (exact) mass is 252 g/mol. The Bertz CT molecular complexity index is 411. The second-order valence-electron chi connectivity index (χ2n) is 5.03. The Morgan fingerprint density at radius 1 is 1.29 bits per heavy atom. The molecule has 17 heavy (non-hydrogen) atoms. The summed E-state index contributed by atoms with van der Waals surface area (Å²) in [7, 11) is 0. The topological polar surface area (TPSA) is 37.3 Å². The minimum atomic E-state index is -0.724. The van der Waals surface area contributed by atoms with Gasteiger partial charge in [0, 0.05) is 4.90 Å². The van der Waals surface area contributed by atoms with Gasteiger partial charge in [-0.25, -0.2) is 0 Å². The van der Waals surface area contributed by atoms with Crippen LogP contribution in [0.25, 0.3) is 0 Å². The summed E-state index contributed by atoms with van der Waals surface area (Å²) in [6.45, 7) is 7.74. The van der Waals surface area contributed by atoms with E-state index >= 15 is 0 Å². The number of thioether (sulfide) groups is 1. The molecule has 0 aliphatic rings. The molecule has 0 amide bonds. The molecule has 0 unspecified atom stereocenters. The van der Waals surface area contributed by atoms with E-state index in [1.54, 1.807) is 25.6 Å². The number of aryl methyl sites for hydroxylation is 2. The fourth-order valence-electron chi connectivity index (χ4n) is 1.33. The Morgan fingerprint density at radius 2 is 1.94 bits per heavy atom. The van der Waals surface area contributed by atoms with E-state index in [0.717, 1.165) is 5.75 Å². The molecule has 0 aliphatic carbocycles. The highest BCUT2D eigenvalue weighted by atomic mass is 32.2. The normalized spacial score (nSPS) is 11.5. The number of aliphatic carboxylic acids is 1. The van der Waals surface area contributed by atoms with Gasteiger partial charge in [0.05, 0.1) is 5.41 Å². The molecule has 0 saturated heterocycles. The first-order valence-electron chi connectivity index (χ1n) is 5.76. The Labute approximate surface area is 107 Å². The number of carboxylic acid groups (broad SMARTS) is 1. The second-order valence-corrected chi connectivity index (χ2v) is 6.20. The van der Waals surface area contributed by atoms with E-state index in [4.69, 9.17) is 5.11 Å². The lowest BCUT2D eigenvalue weighted by Gasteiger charge is -2.18. The first-order chi connectivity index (χ1) is 7.83. The lowest BCUT2D eigenvalue weighted by atomic mass is 9.91. The van der Waals surface area contributed by atoms with E-state index in [9.17, 15) is 4.79 Å². The van der Waals surface area contributed by atoms with Crippen molar-refractivity contribution in [3.63, 3.8) is 0 Å². The van der Waals surface area contributed by atoms with Crippen LogP contribution in [0.2, 0.25) is 0 Å². The SMILES string of the molecule is Cc1ccc(SCCC(C)(C)C(=O)O)cc1C. The minimum Gasteiger partial charge on any atom is -0.481 e. The third kappa shape index (κ3) is 4.08. The smallest absolute Gasteiger partial charge is 0.309 e. The molecule has 1 N–H and O–H groups in total. The maximum absolute atomic E-state index is 11.0. The van der Waals surface area contributed by atoms with Crippen molar-refractivity contribution in [2.75, 3.05) is 5.75 Å². The van der Waals surface area contributed by atoms with E-state index < -0.39 is 11.4 Å². The van der Waals surface area contributed by atoms with Gasteiger partial charge in [-0.15, -0.1) is 11.8 Å². The summed E-state index contributed by atoms with van der Waals surface area (Å²) in [5, 5.41) is 9.01. The van der Waals surface area contributed by atoms with Gasteiger partial charge >= 0.3 is 5.97 Å². The van der Waals surface area contributed by atoms with Crippen LogP contribution < -0.4 is 0 Å². The number of hydrogen-bond donors (Lipinski definition) is 1. The first kappa shape index (κ1) is 14.1. The number of hydrogen-bond acceptors (Lipinski definition) is 2. The van der Waals surface area contributed by atoms with Crippen molar-refractivity contribution in [1.82, 2.24) is 0 Å². The lowest BCUT2D eigenvalue weighted by molar-refractivity contribution is -0.146. The zero-order chi connectivity index (χ0) is 13.1. The highest BCUT2D eigenvalue weighted by Gasteiger charge is 2.26. The fourth-order valence-corrected chi connectivity index (χ4v) is 2.61. The van der Waals surface area contributed by atoms with E-state index in [-0.39, 0.29) is 0 Å². The van der Waals surface area contributed by atoms with Crippen LogP contribution in [0.15, 0.2) is 23.1 Å². The van der Waals surface area contributed by atoms with Gasteiger partial charge in [-0.1, -0.05) is 6.07 Å². The summed E-state index contributed by atoms with van der Waals surface area (Å²) in [6.07, 6.45) is 0.680. The van der Waals surface area contributed by atoms with Gasteiger partial charge in [-0.05, 0) is 63.1 Å². The minimum absolute atomic E-state index is 0.632. The Hall–Kier alpha value is -0.960. The molecule has 2 nitrogen and oxygen atoms in total. The van der Waals surface area contributed by atoms with Gasteiger partial charge in [0.2, 0.25) is 0 Å². The Balaban J connectivity index is 2.51. The van der Waals surface area contributed by atoms with Gasteiger partial charge in [-0.2, -0.15) is 0 Å². The molecule has 1 aromatic carbocycles. The van der Waals surface area contributed by atoms with E-state index in [1.807, 2.05) is 0 Å². The standard InChI is InChI=1S/C14H20O2S/c1-10-5-6-12(9-11(10)2)17-8-7-14(3,4)13(15)16/h5-6,9H,7-8H2,1-4H3,(H,15,16). The van der Waals surface area contributed by atoms with Crippen LogP contribution in [0.3, 0.4) is 0 Å². The van der Waals surface area contributed by atoms with E-state index in [2.05, 4.69) is 32.0 Å². The average molecular weight is 252 g/mol. The Kier molecular flexibility index (Phi) is 4.63. The van der Waals surface area contributed by atoms with Crippen molar-refractivity contribution >= 4 is 17.7 Å². The molecule has 94 valence electrons. The van der Waals surface area contributed by atoms with Crippen LogP contribution in [-0.2, 0) is 4.79 Å². The number of carboxylic acids is 1. The molecule has 0 fully saturated rings. The maximum atomic E-state index is 11.0. The van der Waals surface area contributed by atoms with Crippen molar-refractivity contribution in [2.45, 2.75) is 39.0 Å². The van der Waals surface area contributed by atoms with Crippen LogP contribution in [0.5, 0.6) is 0 Å². The summed E-state index contributed by atoms with van der Waals surface area (Å²) in [4.78, 5) is 12.2. The van der Waals surface area contributed by atoms with E-state index in [1.165, 1.54) is 16.0 Å². The summed E-state index contributed by atoms with van der Waals surface area (Å²) in [5.74, 6) is 0.111. The number of rotatable bonds is 5. The van der Waals surface area contributed by atoms with Crippen LogP contribution in [0, 0.1) is 19.3 Å². The third-order valence-electron chi connectivity index (χ3n) is 3.05. The molecular weight excluding hydrogens is 232 g/mol. The molecular formula is C14H20O2S. The average Bonchev–Trinajstić information content (AvgIpc) is 2.23. The van der Waals surface area contributed by atoms with Gasteiger partial charge in [-0.3, -0.25) is 4.79 Å². The molecule has 1 aromatic rings. The molecule has 0 aromatic heterocycles. The van der Waals surface area contributed by atoms with Gasteiger partial charge in [0.25, 0.3) is 0 Å². The van der Waals surface area contributed by atoms with Gasteiger partial charge < -0.3 is 5.11 Å². The molecule has 1 rings (SSSR count). The predicted molar refractivity (Wildman–Crippen MR) is 72.7 cm³/mol. The van der Waals surface area contributed by atoms with Gasteiger partial charge in [0.15, 0.2) is 0 Å². The molecule has 0 spiro atoms. The quantitative estimate of drug-likeness (QED) is 0.808. The largest absolute Gasteiger partial charge is 0.481 e. The molecule has 0 radical (unpaired) electrons. The predicted octanol–water partition coefficient (Wildman–Crippen LogP) is 3.90. The Morgan fingerprint density at radius 3 is 2.47 bits per heavy atom. The van der Waals surface area contributed by atoms with Crippen molar-refractivity contribution in [2.24, 2.45) is 5.41 Å². The maximum Gasteiger partial charge on any atom is 0.309 e. The van der Waals surface area contributed by atoms with Crippen LogP contribution in [-0.4, -0.2) is 16.8 Å². The van der Waals surface area contributed by atoms with Crippen molar-refractivity contribution in [3.8, 4) is 0 Å². The first-order valence-corrected chi connectivity index (χ1v) is 6.75. The summed E-state index contributed by atoms with van der Waals surface area (Å²) < 4.78 is 0. The van der Waals surface area contributed by atoms with Crippen molar-refractivity contribution in [3.05, 3.63) is 29.3 Å². The fraction of sp³-hybridized carbons (Fsp3) is 0.500. The number of carbonyl (C=O) groups is 1.